The van der Waals surface area contributed by atoms with E-state index in [1.807, 2.05) is 0 Å². The van der Waals surface area contributed by atoms with Gasteiger partial charge in [0, 0.05) is 13.1 Å². The van der Waals surface area contributed by atoms with Gasteiger partial charge in [0.15, 0.2) is 6.10 Å². The largest absolute Gasteiger partial charge is 0.449 e. The van der Waals surface area contributed by atoms with E-state index in [-0.39, 0.29) is 17.1 Å². The van der Waals surface area contributed by atoms with Crippen LogP contribution in [0.1, 0.15) is 17.3 Å². The van der Waals surface area contributed by atoms with Crippen LogP contribution in [0.5, 0.6) is 0 Å². The number of imide groups is 1. The highest BCUT2D eigenvalue weighted by molar-refractivity contribution is 6.33. The van der Waals surface area contributed by atoms with Crippen LogP contribution in [0.3, 0.4) is 0 Å². The number of urea groups is 1. The molecule has 0 saturated carbocycles. The third-order valence-corrected chi connectivity index (χ3v) is 3.18. The highest BCUT2D eigenvalue weighted by Crippen LogP contribution is 2.17. The minimum absolute atomic E-state index is 0.180. The molecule has 7 heteroatoms. The van der Waals surface area contributed by atoms with E-state index < -0.39 is 24.0 Å². The molecule has 0 aromatic heterocycles. The number of carbonyl (C=O) groups is 3. The predicted octanol–water partition coefficient (Wildman–Crippen LogP) is 1.44. The van der Waals surface area contributed by atoms with E-state index in [4.69, 9.17) is 16.3 Å². The number of benzene rings is 1. The fourth-order valence-electron chi connectivity index (χ4n) is 1.80. The van der Waals surface area contributed by atoms with Crippen LogP contribution in [0.2, 0.25) is 5.02 Å². The molecule has 1 aliphatic heterocycles. The number of halogens is 1. The smallest absolute Gasteiger partial charge is 0.340 e. The zero-order valence-corrected chi connectivity index (χ0v) is 11.5. The van der Waals surface area contributed by atoms with E-state index in [2.05, 4.69) is 5.32 Å². The van der Waals surface area contributed by atoms with Gasteiger partial charge >= 0.3 is 12.0 Å². The first kappa shape index (κ1) is 14.3. The Labute approximate surface area is 120 Å². The summed E-state index contributed by atoms with van der Waals surface area (Å²) in [5.74, 6) is -1.25. The van der Waals surface area contributed by atoms with Crippen LogP contribution < -0.4 is 5.32 Å². The Morgan fingerprint density at radius 3 is 2.70 bits per heavy atom. The number of carbonyl (C=O) groups excluding carboxylic acids is 3. The zero-order chi connectivity index (χ0) is 14.7. The van der Waals surface area contributed by atoms with Crippen LogP contribution in [-0.2, 0) is 9.53 Å². The van der Waals surface area contributed by atoms with Crippen LogP contribution in [0.25, 0.3) is 0 Å². The van der Waals surface area contributed by atoms with Gasteiger partial charge in [0.2, 0.25) is 0 Å². The Kier molecular flexibility index (Phi) is 4.24. The van der Waals surface area contributed by atoms with Crippen molar-refractivity contribution >= 4 is 29.5 Å². The second-order valence-electron chi connectivity index (χ2n) is 4.25. The predicted molar refractivity (Wildman–Crippen MR) is 71.4 cm³/mol. The molecule has 0 aliphatic carbocycles. The maximum Gasteiger partial charge on any atom is 0.340 e. The van der Waals surface area contributed by atoms with Crippen molar-refractivity contribution in [2.24, 2.45) is 0 Å². The molecule has 6 nitrogen and oxygen atoms in total. The summed E-state index contributed by atoms with van der Waals surface area (Å²) in [6.07, 6.45) is -1.05. The van der Waals surface area contributed by atoms with Crippen molar-refractivity contribution in [3.8, 4) is 0 Å². The van der Waals surface area contributed by atoms with Gasteiger partial charge in [-0.1, -0.05) is 23.7 Å². The van der Waals surface area contributed by atoms with Crippen LogP contribution in [-0.4, -0.2) is 42.0 Å². The Bertz CT molecular complexity index is 561. The molecule has 20 heavy (non-hydrogen) atoms. The molecule has 0 bridgehead atoms. The van der Waals surface area contributed by atoms with Gasteiger partial charge in [0.05, 0.1) is 10.6 Å². The average molecular weight is 297 g/mol. The second kappa shape index (κ2) is 5.92. The van der Waals surface area contributed by atoms with Crippen molar-refractivity contribution in [1.29, 1.82) is 0 Å². The van der Waals surface area contributed by atoms with E-state index in [9.17, 15) is 14.4 Å². The van der Waals surface area contributed by atoms with Gasteiger partial charge in [0.1, 0.15) is 0 Å². The number of nitrogens with zero attached hydrogens (tertiary/aromatic N) is 1. The van der Waals surface area contributed by atoms with Crippen molar-refractivity contribution < 1.29 is 19.1 Å². The Balaban J connectivity index is 2.02. The number of hydrogen-bond acceptors (Lipinski definition) is 4. The number of hydrogen-bond donors (Lipinski definition) is 1. The van der Waals surface area contributed by atoms with E-state index in [0.29, 0.717) is 6.54 Å². The van der Waals surface area contributed by atoms with Crippen LogP contribution in [0.4, 0.5) is 4.79 Å². The fourth-order valence-corrected chi connectivity index (χ4v) is 2.02. The van der Waals surface area contributed by atoms with E-state index >= 15 is 0 Å². The van der Waals surface area contributed by atoms with Crippen molar-refractivity contribution in [3.05, 3.63) is 34.9 Å². The SMILES string of the molecule is CC(OC(=O)c1ccccc1Cl)C(=O)N1CCNC1=O. The number of ether oxygens (including phenoxy) is 1. The lowest BCUT2D eigenvalue weighted by molar-refractivity contribution is -0.136. The van der Waals surface area contributed by atoms with Gasteiger partial charge in [-0.2, -0.15) is 0 Å². The quantitative estimate of drug-likeness (QED) is 0.856. The molecule has 0 spiro atoms. The first-order valence-electron chi connectivity index (χ1n) is 6.05. The number of nitrogens with one attached hydrogen (secondary N) is 1. The molecule has 1 aromatic rings. The van der Waals surface area contributed by atoms with Gasteiger partial charge in [-0.25, -0.2) is 9.59 Å². The first-order chi connectivity index (χ1) is 9.50. The standard InChI is InChI=1S/C13H13ClN2O4/c1-8(11(17)16-7-6-15-13(16)19)20-12(18)9-4-2-3-5-10(9)14/h2-5,8H,6-7H2,1H3,(H,15,19). The third kappa shape index (κ3) is 2.91. The maximum atomic E-state index is 12.0. The molecule has 106 valence electrons. The highest BCUT2D eigenvalue weighted by Gasteiger charge is 2.31. The summed E-state index contributed by atoms with van der Waals surface area (Å²) < 4.78 is 5.05. The summed E-state index contributed by atoms with van der Waals surface area (Å²) >= 11 is 5.87. The van der Waals surface area contributed by atoms with Gasteiger partial charge in [-0.15, -0.1) is 0 Å². The Hall–Kier alpha value is -2.08. The number of esters is 1. The van der Waals surface area contributed by atoms with E-state index in [1.54, 1.807) is 18.2 Å². The Morgan fingerprint density at radius 1 is 1.40 bits per heavy atom. The topological polar surface area (TPSA) is 75.7 Å². The maximum absolute atomic E-state index is 12.0. The lowest BCUT2D eigenvalue weighted by Crippen LogP contribution is -2.41. The molecule has 2 rings (SSSR count). The molecule has 1 unspecified atom stereocenters. The molecule has 1 N–H and O–H groups in total. The molecule has 1 aromatic carbocycles. The lowest BCUT2D eigenvalue weighted by atomic mass is 10.2. The molecule has 1 aliphatic rings. The minimum atomic E-state index is -1.05. The van der Waals surface area contributed by atoms with Crippen molar-refractivity contribution in [2.75, 3.05) is 13.1 Å². The lowest BCUT2D eigenvalue weighted by Gasteiger charge is -2.18. The number of amides is 3. The molecular formula is C13H13ClN2O4. The molecule has 1 atom stereocenters. The van der Waals surface area contributed by atoms with Crippen molar-refractivity contribution in [1.82, 2.24) is 10.2 Å². The zero-order valence-electron chi connectivity index (χ0n) is 10.8. The average Bonchev–Trinajstić information content (AvgIpc) is 2.84. The second-order valence-corrected chi connectivity index (χ2v) is 4.66. The van der Waals surface area contributed by atoms with E-state index in [1.165, 1.54) is 13.0 Å². The molecule has 3 amide bonds. The number of rotatable bonds is 3. The third-order valence-electron chi connectivity index (χ3n) is 2.85. The molecule has 1 fully saturated rings. The van der Waals surface area contributed by atoms with Gasteiger partial charge in [-0.3, -0.25) is 9.69 Å². The summed E-state index contributed by atoms with van der Waals surface area (Å²) in [7, 11) is 0. The molecule has 1 heterocycles. The van der Waals surface area contributed by atoms with Gasteiger partial charge < -0.3 is 10.1 Å². The normalized spacial score (nSPS) is 15.7. The molecule has 1 saturated heterocycles. The summed E-state index contributed by atoms with van der Waals surface area (Å²) in [6, 6.07) is 5.91. The van der Waals surface area contributed by atoms with Crippen LogP contribution >= 0.6 is 11.6 Å². The first-order valence-corrected chi connectivity index (χ1v) is 6.43. The molecular weight excluding hydrogens is 284 g/mol. The van der Waals surface area contributed by atoms with Crippen molar-refractivity contribution in [2.45, 2.75) is 13.0 Å². The van der Waals surface area contributed by atoms with Crippen LogP contribution in [0, 0.1) is 0 Å². The van der Waals surface area contributed by atoms with Gasteiger partial charge in [0.25, 0.3) is 5.91 Å². The van der Waals surface area contributed by atoms with Crippen LogP contribution in [0.15, 0.2) is 24.3 Å². The Morgan fingerprint density at radius 2 is 2.10 bits per heavy atom. The summed E-state index contributed by atoms with van der Waals surface area (Å²) in [5, 5.41) is 2.75. The van der Waals surface area contributed by atoms with E-state index in [0.717, 1.165) is 4.90 Å². The highest BCUT2D eigenvalue weighted by atomic mass is 35.5. The summed E-state index contributed by atoms with van der Waals surface area (Å²) in [5.41, 5.74) is 0.180. The van der Waals surface area contributed by atoms with Gasteiger partial charge in [-0.05, 0) is 19.1 Å². The monoisotopic (exact) mass is 296 g/mol. The summed E-state index contributed by atoms with van der Waals surface area (Å²) in [6.45, 7) is 2.09. The minimum Gasteiger partial charge on any atom is -0.449 e. The fraction of sp³-hybridized carbons (Fsp3) is 0.308. The van der Waals surface area contributed by atoms with Crippen molar-refractivity contribution in [3.63, 3.8) is 0 Å². The molecule has 0 radical (unpaired) electrons. The summed E-state index contributed by atoms with van der Waals surface area (Å²) in [4.78, 5) is 36.2.